The maximum Gasteiger partial charge on any atom is 0.329 e. The van der Waals surface area contributed by atoms with Gasteiger partial charge in [0.2, 0.25) is 5.79 Å². The highest BCUT2D eigenvalue weighted by atomic mass is 16.6. The van der Waals surface area contributed by atoms with Crippen LogP contribution in [0.2, 0.25) is 0 Å². The van der Waals surface area contributed by atoms with Gasteiger partial charge in [0.15, 0.2) is 5.78 Å². The Labute approximate surface area is 388 Å². The average Bonchev–Trinajstić information content (AvgIpc) is 3.28. The number of carbonyl (C=O) groups excluding carboxylic acids is 5. The normalized spacial score (nSPS) is 39.1. The number of aliphatic hydroxyl groups is 2. The molecule has 1 amide bonds. The molecule has 13 heteroatoms. The minimum atomic E-state index is -2.41. The fourth-order valence-corrected chi connectivity index (χ4v) is 10.4. The van der Waals surface area contributed by atoms with E-state index in [1.54, 1.807) is 41.1 Å². The lowest BCUT2D eigenvalue weighted by Crippen LogP contribution is -2.61. The summed E-state index contributed by atoms with van der Waals surface area (Å²) in [7, 11) is 4.70. The molecule has 1 saturated carbocycles. The van der Waals surface area contributed by atoms with Crippen LogP contribution in [0.25, 0.3) is 0 Å². The smallest absolute Gasteiger partial charge is 0.329 e. The zero-order valence-electron chi connectivity index (χ0n) is 41.2. The molecule has 3 aliphatic heterocycles. The monoisotopic (exact) mass is 912 g/mol. The number of carbonyl (C=O) groups is 5. The first-order valence-corrected chi connectivity index (χ1v) is 24.2. The van der Waals surface area contributed by atoms with Crippen LogP contribution in [0.15, 0.2) is 47.6 Å². The predicted octanol–water partition coefficient (Wildman–Crippen LogP) is 7.46. The summed E-state index contributed by atoms with van der Waals surface area (Å²) in [6.45, 7) is 15.1. The van der Waals surface area contributed by atoms with E-state index in [0.717, 1.165) is 24.8 Å². The van der Waals surface area contributed by atoms with E-state index in [1.807, 2.05) is 58.1 Å². The van der Waals surface area contributed by atoms with E-state index in [-0.39, 0.29) is 54.8 Å². The predicted molar refractivity (Wildman–Crippen MR) is 248 cm³/mol. The first-order valence-electron chi connectivity index (χ1n) is 24.2. The lowest BCUT2D eigenvalue weighted by Gasteiger charge is -2.42. The number of methoxy groups -OCH3 is 3. The number of ketones is 3. The number of Topliss-reactive ketones (excluding diaryl/α,β-unsaturated/α-hetero) is 3. The molecule has 2 bridgehead atoms. The Morgan fingerprint density at radius 1 is 0.846 bits per heavy atom. The summed E-state index contributed by atoms with van der Waals surface area (Å²) in [4.78, 5) is 71.9. The van der Waals surface area contributed by atoms with Crippen LogP contribution in [0.5, 0.6) is 0 Å². The van der Waals surface area contributed by atoms with Gasteiger partial charge in [0, 0.05) is 58.5 Å². The molecule has 2 N–H and O–H groups in total. The number of esters is 1. The lowest BCUT2D eigenvalue weighted by molar-refractivity contribution is -0.265. The van der Waals surface area contributed by atoms with Crippen molar-refractivity contribution in [2.24, 2.45) is 41.4 Å². The van der Waals surface area contributed by atoms with Crippen molar-refractivity contribution in [3.05, 3.63) is 47.6 Å². The number of nitrogens with zero attached hydrogens (tertiary/aromatic N) is 1. The summed E-state index contributed by atoms with van der Waals surface area (Å²) in [5.74, 6) is -7.07. The van der Waals surface area contributed by atoms with E-state index in [4.69, 9.17) is 23.7 Å². The number of hydrogen-bond acceptors (Lipinski definition) is 12. The number of allylic oxidation sites excluding steroid dienone is 6. The number of ether oxygens (including phenoxy) is 5. The summed E-state index contributed by atoms with van der Waals surface area (Å²) < 4.78 is 29.7. The maximum absolute atomic E-state index is 14.4. The molecule has 1 unspecified atom stereocenters. The molecule has 0 spiro atoms. The molecule has 4 aliphatic rings. The number of amides is 1. The second-order valence-electron chi connectivity index (χ2n) is 20.0. The quantitative estimate of drug-likeness (QED) is 0.153. The van der Waals surface area contributed by atoms with Crippen LogP contribution in [-0.4, -0.2) is 121 Å². The van der Waals surface area contributed by atoms with Gasteiger partial charge in [-0.3, -0.25) is 19.2 Å². The Bertz CT molecular complexity index is 1750. The van der Waals surface area contributed by atoms with Gasteiger partial charge >= 0.3 is 5.97 Å². The maximum atomic E-state index is 14.4. The summed E-state index contributed by atoms with van der Waals surface area (Å²) in [5.41, 5.74) is 1.30. The van der Waals surface area contributed by atoms with Crippen molar-refractivity contribution in [3.8, 4) is 0 Å². The Hall–Kier alpha value is -3.33. The van der Waals surface area contributed by atoms with Crippen LogP contribution in [0, 0.1) is 41.4 Å². The number of hydrogen-bond donors (Lipinski definition) is 2. The third-order valence-corrected chi connectivity index (χ3v) is 14.8. The topological polar surface area (TPSA) is 175 Å². The van der Waals surface area contributed by atoms with Crippen LogP contribution in [0.1, 0.15) is 132 Å². The SMILES string of the molecule is CO[C@H]1C[C@@H]2CC[C@@H](C)[C@@](O)(O2)C(=O)C(=O)N2CCCC[C@H]2C(=O)O[C@H]([C@H](C)CC2CC[C@H](C)[C@H](OC)C2)CC(=O)[C@H](C)/C=C(\C)[C@@H](O)[C@@H](OC)C(=O)[C@H](C)C[C@H](C)/C=C/C=CC=C1C. The average molecular weight is 912 g/mol. The minimum absolute atomic E-state index is 0.0304. The zero-order valence-corrected chi connectivity index (χ0v) is 41.2. The van der Waals surface area contributed by atoms with Gasteiger partial charge in [-0.2, -0.15) is 0 Å². The summed E-state index contributed by atoms with van der Waals surface area (Å²) >= 11 is 0. The van der Waals surface area contributed by atoms with Gasteiger partial charge in [-0.1, -0.05) is 78.0 Å². The van der Waals surface area contributed by atoms with Crippen LogP contribution in [0.3, 0.4) is 0 Å². The molecule has 0 aromatic rings. The molecule has 366 valence electrons. The van der Waals surface area contributed by atoms with Gasteiger partial charge in [-0.25, -0.2) is 4.79 Å². The van der Waals surface area contributed by atoms with Crippen LogP contribution < -0.4 is 0 Å². The van der Waals surface area contributed by atoms with Crippen molar-refractivity contribution in [1.82, 2.24) is 4.90 Å². The number of aliphatic hydroxyl groups excluding tert-OH is 1. The van der Waals surface area contributed by atoms with E-state index in [0.29, 0.717) is 56.4 Å². The molecule has 15 atom stereocenters. The van der Waals surface area contributed by atoms with Gasteiger partial charge in [-0.15, -0.1) is 0 Å². The molecule has 3 fully saturated rings. The van der Waals surface area contributed by atoms with E-state index < -0.39 is 77.8 Å². The highest BCUT2D eigenvalue weighted by Gasteiger charge is 2.53. The molecule has 13 nitrogen and oxygen atoms in total. The van der Waals surface area contributed by atoms with Crippen molar-refractivity contribution in [1.29, 1.82) is 0 Å². The fourth-order valence-electron chi connectivity index (χ4n) is 10.4. The van der Waals surface area contributed by atoms with Gasteiger partial charge in [0.05, 0.1) is 18.3 Å². The fraction of sp³-hybridized carbons (Fsp3) is 0.750. The first-order chi connectivity index (χ1) is 30.7. The molecular weight excluding hydrogens is 831 g/mol. The molecule has 65 heavy (non-hydrogen) atoms. The molecule has 3 heterocycles. The molecule has 0 aromatic heterocycles. The van der Waals surface area contributed by atoms with Gasteiger partial charge < -0.3 is 38.8 Å². The van der Waals surface area contributed by atoms with Crippen molar-refractivity contribution >= 4 is 29.2 Å². The molecule has 0 aromatic carbocycles. The van der Waals surface area contributed by atoms with Crippen molar-refractivity contribution in [3.63, 3.8) is 0 Å². The number of fused-ring (bicyclic) bond motifs is 3. The Morgan fingerprint density at radius 3 is 2.25 bits per heavy atom. The summed E-state index contributed by atoms with van der Waals surface area (Å²) in [6, 6.07) is -1.11. The number of rotatable bonds is 6. The van der Waals surface area contributed by atoms with Gasteiger partial charge in [0.25, 0.3) is 11.7 Å². The first kappa shape index (κ1) is 54.3. The second kappa shape index (κ2) is 25.2. The Kier molecular flexibility index (Phi) is 21.0. The van der Waals surface area contributed by atoms with E-state index in [1.165, 1.54) is 12.0 Å². The second-order valence-corrected chi connectivity index (χ2v) is 20.0. The summed E-state index contributed by atoms with van der Waals surface area (Å²) in [5, 5.41) is 23.4. The molecule has 4 rings (SSSR count). The van der Waals surface area contributed by atoms with Crippen LogP contribution in [0.4, 0.5) is 0 Å². The molecule has 1 aliphatic carbocycles. The van der Waals surface area contributed by atoms with Gasteiger partial charge in [0.1, 0.15) is 30.1 Å². The molecule has 0 radical (unpaired) electrons. The lowest BCUT2D eigenvalue weighted by atomic mass is 9.76. The third kappa shape index (κ3) is 14.3. The van der Waals surface area contributed by atoms with Gasteiger partial charge in [-0.05, 0) is 113 Å². The largest absolute Gasteiger partial charge is 0.460 e. The zero-order chi connectivity index (χ0) is 48.2. The van der Waals surface area contributed by atoms with Crippen LogP contribution >= 0.6 is 0 Å². The van der Waals surface area contributed by atoms with Crippen molar-refractivity contribution in [2.45, 2.75) is 181 Å². The van der Waals surface area contributed by atoms with Crippen molar-refractivity contribution < 1.29 is 57.9 Å². The number of cyclic esters (lactones) is 1. The highest BCUT2D eigenvalue weighted by Crippen LogP contribution is 2.38. The Balaban J connectivity index is 1.70. The van der Waals surface area contributed by atoms with E-state index in [2.05, 4.69) is 6.92 Å². The third-order valence-electron chi connectivity index (χ3n) is 14.8. The summed E-state index contributed by atoms with van der Waals surface area (Å²) in [6.07, 6.45) is 13.6. The standard InChI is InChI=1S/C52H81NO12/c1-31-17-13-12-14-18-32(2)44(62-10)29-40-23-21-38(8)52(60,65-40)49(57)50(58)53-24-16-15-19-41(53)51(59)64-45(35(5)27-39-22-20-33(3)43(28-39)61-9)30-42(54)34(4)26-37(7)47(56)48(63-11)46(55)36(6)25-31/h12-14,17-18,26,31,33-36,38-41,43-45,47-48,56,60H,15-16,19-25,27-30H2,1-11H3/b14-12?,17-13+,32-18?,37-26+/t31-,33+,34-,35-,36-,38-,39?,40+,41+,43-,44+,45+,47-,48+,52-/m1/s1. The highest BCUT2D eigenvalue weighted by molar-refractivity contribution is 6.39. The van der Waals surface area contributed by atoms with E-state index in [9.17, 15) is 34.2 Å². The number of piperidine rings is 1. The van der Waals surface area contributed by atoms with Crippen LogP contribution in [-0.2, 0) is 47.7 Å². The Morgan fingerprint density at radius 2 is 1.57 bits per heavy atom. The molecular formula is C52H81NO12. The minimum Gasteiger partial charge on any atom is -0.460 e. The van der Waals surface area contributed by atoms with Crippen molar-refractivity contribution in [2.75, 3.05) is 27.9 Å². The molecule has 2 saturated heterocycles. The van der Waals surface area contributed by atoms with E-state index >= 15 is 0 Å².